The lowest BCUT2D eigenvalue weighted by molar-refractivity contribution is 0.0600. The number of rotatable bonds is 5. The van der Waals surface area contributed by atoms with Gasteiger partial charge in [-0.25, -0.2) is 4.79 Å². The summed E-state index contributed by atoms with van der Waals surface area (Å²) in [6.07, 6.45) is 1.38. The Bertz CT molecular complexity index is 566. The van der Waals surface area contributed by atoms with Crippen molar-refractivity contribution < 1.29 is 23.6 Å². The molecule has 0 heterocycles. The number of nitrogens with zero attached hydrogens (tertiary/aromatic N) is 1. The summed E-state index contributed by atoms with van der Waals surface area (Å²) in [6, 6.07) is 3.10. The molecule has 0 bridgehead atoms. The molecule has 1 aromatic carbocycles. The van der Waals surface area contributed by atoms with Crippen molar-refractivity contribution in [3.8, 4) is 11.5 Å². The first-order valence-corrected chi connectivity index (χ1v) is 7.65. The Labute approximate surface area is 133 Å². The minimum Gasteiger partial charge on any atom is -0.591 e. The molecule has 0 aliphatic heterocycles. The number of hydrogen-bond donors (Lipinski definition) is 0. The Morgan fingerprint density at radius 1 is 1.18 bits per heavy atom. The topological polar surface area (TPSA) is 80.2 Å². The summed E-state index contributed by atoms with van der Waals surface area (Å²) in [4.78, 5) is 11.9. The van der Waals surface area contributed by atoms with Gasteiger partial charge in [-0.15, -0.1) is 0 Å². The Morgan fingerprint density at radius 3 is 2.18 bits per heavy atom. The van der Waals surface area contributed by atoms with Crippen molar-refractivity contribution in [1.29, 1.82) is 0 Å². The molecule has 6 nitrogen and oxygen atoms in total. The average Bonchev–Trinajstić information content (AvgIpc) is 2.49. The predicted octanol–water partition coefficient (Wildman–Crippen LogP) is 2.37. The zero-order valence-corrected chi connectivity index (χ0v) is 14.4. The molecule has 22 heavy (non-hydrogen) atoms. The highest BCUT2D eigenvalue weighted by molar-refractivity contribution is 7.91. The molecular formula is C15H21NO5S. The standard InChI is InChI=1S/C15H21NO5S/c1-15(2,3)22(18)16-9-10-7-12(19-4)13(20-5)8-11(10)14(17)21-6/h7-9H,1-6H3/b16-9+. The van der Waals surface area contributed by atoms with Gasteiger partial charge in [0, 0.05) is 5.56 Å². The minimum atomic E-state index is -1.43. The molecule has 1 unspecified atom stereocenters. The minimum absolute atomic E-state index is 0.259. The Hall–Kier alpha value is -1.73. The van der Waals surface area contributed by atoms with Crippen LogP contribution in [-0.4, -0.2) is 42.8 Å². The van der Waals surface area contributed by atoms with E-state index in [1.165, 1.54) is 33.6 Å². The molecule has 0 radical (unpaired) electrons. The largest absolute Gasteiger partial charge is 0.591 e. The molecule has 7 heteroatoms. The van der Waals surface area contributed by atoms with Crippen LogP contribution in [0.5, 0.6) is 11.5 Å². The maximum atomic E-state index is 12.0. The Morgan fingerprint density at radius 2 is 1.73 bits per heavy atom. The third-order valence-electron chi connectivity index (χ3n) is 2.77. The van der Waals surface area contributed by atoms with Gasteiger partial charge >= 0.3 is 5.97 Å². The molecule has 0 aliphatic carbocycles. The van der Waals surface area contributed by atoms with E-state index in [2.05, 4.69) is 4.40 Å². The van der Waals surface area contributed by atoms with Crippen LogP contribution >= 0.6 is 0 Å². The second kappa shape index (κ2) is 7.51. The van der Waals surface area contributed by atoms with E-state index in [0.29, 0.717) is 17.1 Å². The third-order valence-corrected chi connectivity index (χ3v) is 4.12. The van der Waals surface area contributed by atoms with Crippen LogP contribution in [0, 0.1) is 0 Å². The molecule has 1 rings (SSSR count). The summed E-state index contributed by atoms with van der Waals surface area (Å²) in [5, 5.41) is 0. The first-order valence-electron chi connectivity index (χ1n) is 6.55. The van der Waals surface area contributed by atoms with Crippen LogP contribution in [0.4, 0.5) is 0 Å². The number of ether oxygens (including phenoxy) is 3. The SMILES string of the molecule is COC(=O)c1cc(OC)c(OC)cc1/C=N/[S+]([O-])C(C)(C)C. The van der Waals surface area contributed by atoms with Crippen LogP contribution in [0.2, 0.25) is 0 Å². The first-order chi connectivity index (χ1) is 10.2. The fraction of sp³-hybridized carbons (Fsp3) is 0.467. The van der Waals surface area contributed by atoms with Gasteiger partial charge in [-0.2, -0.15) is 0 Å². The fourth-order valence-corrected chi connectivity index (χ4v) is 2.08. The van der Waals surface area contributed by atoms with E-state index >= 15 is 0 Å². The molecule has 122 valence electrons. The van der Waals surface area contributed by atoms with Gasteiger partial charge in [0.25, 0.3) is 0 Å². The van der Waals surface area contributed by atoms with Crippen LogP contribution < -0.4 is 9.47 Å². The van der Waals surface area contributed by atoms with Gasteiger partial charge in [-0.1, -0.05) is 4.40 Å². The number of carbonyl (C=O) groups is 1. The highest BCUT2D eigenvalue weighted by Gasteiger charge is 2.26. The van der Waals surface area contributed by atoms with E-state index in [9.17, 15) is 9.35 Å². The number of methoxy groups -OCH3 is 3. The zero-order valence-electron chi connectivity index (χ0n) is 13.6. The lowest BCUT2D eigenvalue weighted by Gasteiger charge is -2.18. The highest BCUT2D eigenvalue weighted by atomic mass is 32.2. The van der Waals surface area contributed by atoms with Gasteiger partial charge in [-0.3, -0.25) is 0 Å². The quantitative estimate of drug-likeness (QED) is 0.471. The molecule has 0 spiro atoms. The molecule has 0 fully saturated rings. The van der Waals surface area contributed by atoms with Crippen molar-refractivity contribution in [1.82, 2.24) is 0 Å². The summed E-state index contributed by atoms with van der Waals surface area (Å²) >= 11 is -1.43. The summed E-state index contributed by atoms with van der Waals surface area (Å²) in [5.41, 5.74) is 0.705. The van der Waals surface area contributed by atoms with Crippen molar-refractivity contribution in [3.05, 3.63) is 23.3 Å². The molecule has 0 N–H and O–H groups in total. The monoisotopic (exact) mass is 327 g/mol. The predicted molar refractivity (Wildman–Crippen MR) is 86.4 cm³/mol. The summed E-state index contributed by atoms with van der Waals surface area (Å²) in [6.45, 7) is 5.45. The van der Waals surface area contributed by atoms with Crippen molar-refractivity contribution in [2.75, 3.05) is 21.3 Å². The molecule has 0 saturated carbocycles. The molecule has 0 amide bonds. The van der Waals surface area contributed by atoms with E-state index in [1.54, 1.807) is 6.07 Å². The summed E-state index contributed by atoms with van der Waals surface area (Å²) < 4.78 is 30.7. The molecule has 0 saturated heterocycles. The Balaban J connectivity index is 3.32. The molecule has 1 atom stereocenters. The van der Waals surface area contributed by atoms with Crippen LogP contribution in [0.3, 0.4) is 0 Å². The summed E-state index contributed by atoms with van der Waals surface area (Å²) in [5.74, 6) is 0.305. The smallest absolute Gasteiger partial charge is 0.338 e. The van der Waals surface area contributed by atoms with Crippen LogP contribution in [0.15, 0.2) is 16.5 Å². The van der Waals surface area contributed by atoms with Crippen molar-refractivity contribution in [2.45, 2.75) is 25.5 Å². The van der Waals surface area contributed by atoms with Gasteiger partial charge in [0.15, 0.2) is 11.5 Å². The highest BCUT2D eigenvalue weighted by Crippen LogP contribution is 2.30. The molecular weight excluding hydrogens is 306 g/mol. The van der Waals surface area contributed by atoms with E-state index in [-0.39, 0.29) is 5.56 Å². The van der Waals surface area contributed by atoms with Crippen molar-refractivity contribution in [3.63, 3.8) is 0 Å². The zero-order chi connectivity index (χ0) is 16.9. The van der Waals surface area contributed by atoms with E-state index < -0.39 is 22.1 Å². The Kier molecular flexibility index (Phi) is 6.25. The second-order valence-electron chi connectivity index (χ2n) is 5.38. The lowest BCUT2D eigenvalue weighted by atomic mass is 10.1. The maximum absolute atomic E-state index is 12.0. The maximum Gasteiger partial charge on any atom is 0.338 e. The molecule has 1 aromatic rings. The van der Waals surface area contributed by atoms with Gasteiger partial charge in [0.1, 0.15) is 16.1 Å². The van der Waals surface area contributed by atoms with Crippen LogP contribution in [0.1, 0.15) is 36.7 Å². The summed E-state index contributed by atoms with van der Waals surface area (Å²) in [7, 11) is 4.25. The number of carbonyl (C=O) groups excluding carboxylic acids is 1. The van der Waals surface area contributed by atoms with Crippen molar-refractivity contribution >= 4 is 23.5 Å². The van der Waals surface area contributed by atoms with Crippen molar-refractivity contribution in [2.24, 2.45) is 4.40 Å². The van der Waals surface area contributed by atoms with Gasteiger partial charge < -0.3 is 18.8 Å². The first kappa shape index (κ1) is 18.3. The van der Waals surface area contributed by atoms with E-state index in [1.807, 2.05) is 20.8 Å². The normalized spacial score (nSPS) is 13.0. The lowest BCUT2D eigenvalue weighted by Crippen LogP contribution is -2.26. The second-order valence-corrected chi connectivity index (χ2v) is 7.32. The van der Waals surface area contributed by atoms with Crippen LogP contribution in [0.25, 0.3) is 0 Å². The molecule has 0 aromatic heterocycles. The molecule has 0 aliphatic rings. The third kappa shape index (κ3) is 4.38. The van der Waals surface area contributed by atoms with Crippen LogP contribution in [-0.2, 0) is 16.1 Å². The van der Waals surface area contributed by atoms with E-state index in [0.717, 1.165) is 0 Å². The van der Waals surface area contributed by atoms with Gasteiger partial charge in [0.2, 0.25) is 0 Å². The van der Waals surface area contributed by atoms with Gasteiger partial charge in [-0.05, 0) is 32.9 Å². The fourth-order valence-electron chi connectivity index (χ4n) is 1.55. The number of hydrogen-bond acceptors (Lipinski definition) is 6. The number of esters is 1. The average molecular weight is 327 g/mol. The van der Waals surface area contributed by atoms with Gasteiger partial charge in [0.05, 0.1) is 33.1 Å². The number of benzene rings is 1. The van der Waals surface area contributed by atoms with E-state index in [4.69, 9.17) is 14.2 Å².